The van der Waals surface area contributed by atoms with E-state index in [1.165, 1.54) is 0 Å². The van der Waals surface area contributed by atoms with Crippen LogP contribution < -0.4 is 15.8 Å². The summed E-state index contributed by atoms with van der Waals surface area (Å²) in [6, 6.07) is 7.98. The molecule has 1 saturated carbocycles. The van der Waals surface area contributed by atoms with E-state index in [9.17, 15) is 0 Å². The number of rotatable bonds is 8. The van der Waals surface area contributed by atoms with Crippen molar-refractivity contribution < 1.29 is 9.94 Å². The molecule has 0 unspecified atom stereocenters. The molecule has 0 bridgehead atoms. The number of amidine groups is 1. The van der Waals surface area contributed by atoms with Crippen molar-refractivity contribution in [3.05, 3.63) is 24.3 Å². The van der Waals surface area contributed by atoms with Crippen molar-refractivity contribution in [2.24, 2.45) is 16.3 Å². The molecule has 0 saturated heterocycles. The van der Waals surface area contributed by atoms with Crippen LogP contribution in [-0.2, 0) is 0 Å². The predicted octanol–water partition coefficient (Wildman–Crippen LogP) is 2.80. The molecule has 20 heavy (non-hydrogen) atoms. The minimum atomic E-state index is 0.160. The van der Waals surface area contributed by atoms with E-state index in [4.69, 9.17) is 15.7 Å². The van der Waals surface area contributed by atoms with E-state index in [1.54, 1.807) is 0 Å². The monoisotopic (exact) mass is 277 g/mol. The summed E-state index contributed by atoms with van der Waals surface area (Å²) >= 11 is 0. The van der Waals surface area contributed by atoms with Crippen LogP contribution >= 0.6 is 0 Å². The predicted molar refractivity (Wildman–Crippen MR) is 80.4 cm³/mol. The van der Waals surface area contributed by atoms with Crippen LogP contribution in [0.2, 0.25) is 0 Å². The summed E-state index contributed by atoms with van der Waals surface area (Å²) in [6.07, 6.45) is 3.90. The maximum atomic E-state index is 8.64. The lowest BCUT2D eigenvalue weighted by Gasteiger charge is -2.16. The number of nitrogens with zero attached hydrogens (tertiary/aromatic N) is 1. The maximum absolute atomic E-state index is 8.64. The molecular weight excluding hydrogens is 254 g/mol. The van der Waals surface area contributed by atoms with E-state index in [0.29, 0.717) is 12.3 Å². The highest BCUT2D eigenvalue weighted by Crippen LogP contribution is 2.48. The molecule has 5 nitrogen and oxygen atoms in total. The summed E-state index contributed by atoms with van der Waals surface area (Å²) < 4.78 is 5.55. The first-order chi connectivity index (χ1) is 9.67. The van der Waals surface area contributed by atoms with Crippen LogP contribution in [0.25, 0.3) is 0 Å². The van der Waals surface area contributed by atoms with Gasteiger partial charge in [0.05, 0.1) is 6.61 Å². The van der Waals surface area contributed by atoms with Crippen LogP contribution in [0.3, 0.4) is 0 Å². The third-order valence-corrected chi connectivity index (χ3v) is 3.64. The van der Waals surface area contributed by atoms with Gasteiger partial charge >= 0.3 is 0 Å². The lowest BCUT2D eigenvalue weighted by atomic mass is 10.0. The fourth-order valence-electron chi connectivity index (χ4n) is 2.19. The van der Waals surface area contributed by atoms with Crippen LogP contribution in [0.15, 0.2) is 29.4 Å². The van der Waals surface area contributed by atoms with Crippen LogP contribution in [0, 0.1) is 5.41 Å². The Labute approximate surface area is 119 Å². The molecule has 0 atom stereocenters. The Hall–Kier alpha value is -1.91. The summed E-state index contributed by atoms with van der Waals surface area (Å²) in [6.45, 7) is 3.68. The molecule has 0 aliphatic heterocycles. The fraction of sp³-hybridized carbons (Fsp3) is 0.533. The Balaban J connectivity index is 1.82. The van der Waals surface area contributed by atoms with Crippen LogP contribution in [-0.4, -0.2) is 24.2 Å². The standard InChI is InChI=1S/C15H23N3O2/c1-2-9-20-13-5-3-12(4-6-13)17-11-15(7-8-15)10-14(16)18-19/h3-6,17,19H,2,7-11H2,1H3,(H2,16,18). The number of nitrogens with one attached hydrogen (secondary N) is 1. The molecular formula is C15H23N3O2. The van der Waals surface area contributed by atoms with Gasteiger partial charge in [0, 0.05) is 18.7 Å². The second-order valence-electron chi connectivity index (χ2n) is 5.49. The van der Waals surface area contributed by atoms with Gasteiger partial charge in [0.2, 0.25) is 0 Å². The third-order valence-electron chi connectivity index (χ3n) is 3.64. The van der Waals surface area contributed by atoms with Crippen molar-refractivity contribution in [1.82, 2.24) is 0 Å². The molecule has 2 rings (SSSR count). The van der Waals surface area contributed by atoms with Crippen LogP contribution in [0.4, 0.5) is 5.69 Å². The lowest BCUT2D eigenvalue weighted by Crippen LogP contribution is -2.23. The first-order valence-corrected chi connectivity index (χ1v) is 7.10. The Kier molecular flexibility index (Phi) is 4.71. The molecule has 110 valence electrons. The van der Waals surface area contributed by atoms with E-state index < -0.39 is 0 Å². The van der Waals surface area contributed by atoms with E-state index in [2.05, 4.69) is 17.4 Å². The molecule has 1 aromatic carbocycles. The molecule has 0 aromatic heterocycles. The SMILES string of the molecule is CCCOc1ccc(NCC2(CC(N)=NO)CC2)cc1. The molecule has 5 heteroatoms. The van der Waals surface area contributed by atoms with Gasteiger partial charge in [0.15, 0.2) is 0 Å². The van der Waals surface area contributed by atoms with Crippen molar-refractivity contribution in [1.29, 1.82) is 0 Å². The van der Waals surface area contributed by atoms with Gasteiger partial charge in [-0.1, -0.05) is 12.1 Å². The van der Waals surface area contributed by atoms with Gasteiger partial charge in [-0.2, -0.15) is 0 Å². The quantitative estimate of drug-likeness (QED) is 0.295. The number of oxime groups is 1. The first-order valence-electron chi connectivity index (χ1n) is 7.10. The zero-order chi connectivity index (χ0) is 14.4. The minimum Gasteiger partial charge on any atom is -0.494 e. The van der Waals surface area contributed by atoms with Crippen molar-refractivity contribution in [2.75, 3.05) is 18.5 Å². The van der Waals surface area contributed by atoms with E-state index in [-0.39, 0.29) is 5.41 Å². The molecule has 0 amide bonds. The highest BCUT2D eigenvalue weighted by Gasteiger charge is 2.43. The summed E-state index contributed by atoms with van der Waals surface area (Å²) in [7, 11) is 0. The van der Waals surface area contributed by atoms with Gasteiger partial charge in [-0.25, -0.2) is 0 Å². The zero-order valence-corrected chi connectivity index (χ0v) is 11.9. The van der Waals surface area contributed by atoms with Crippen molar-refractivity contribution >= 4 is 11.5 Å². The Morgan fingerprint density at radius 2 is 2.10 bits per heavy atom. The van der Waals surface area contributed by atoms with E-state index in [0.717, 1.165) is 43.9 Å². The lowest BCUT2D eigenvalue weighted by molar-refractivity contribution is 0.315. The van der Waals surface area contributed by atoms with Gasteiger partial charge in [0.25, 0.3) is 0 Å². The number of nitrogens with two attached hydrogens (primary N) is 1. The number of hydrogen-bond donors (Lipinski definition) is 3. The Bertz CT molecular complexity index is 453. The number of hydrogen-bond acceptors (Lipinski definition) is 4. The van der Waals surface area contributed by atoms with Gasteiger partial charge in [-0.15, -0.1) is 0 Å². The minimum absolute atomic E-state index is 0.160. The summed E-state index contributed by atoms with van der Waals surface area (Å²) in [5.41, 5.74) is 6.82. The summed E-state index contributed by atoms with van der Waals surface area (Å²) in [5.74, 6) is 1.21. The van der Waals surface area contributed by atoms with Gasteiger partial charge in [0.1, 0.15) is 11.6 Å². The first kappa shape index (κ1) is 14.5. The third kappa shape index (κ3) is 4.05. The van der Waals surface area contributed by atoms with Crippen LogP contribution in [0.1, 0.15) is 32.6 Å². The molecule has 4 N–H and O–H groups in total. The highest BCUT2D eigenvalue weighted by molar-refractivity contribution is 5.80. The number of anilines is 1. The van der Waals surface area contributed by atoms with Crippen LogP contribution in [0.5, 0.6) is 5.75 Å². The zero-order valence-electron chi connectivity index (χ0n) is 11.9. The smallest absolute Gasteiger partial charge is 0.139 e. The van der Waals surface area contributed by atoms with Crippen molar-refractivity contribution in [2.45, 2.75) is 32.6 Å². The number of ether oxygens (including phenoxy) is 1. The normalized spacial score (nSPS) is 16.8. The average Bonchev–Trinajstić information content (AvgIpc) is 3.24. The van der Waals surface area contributed by atoms with Crippen molar-refractivity contribution in [3.8, 4) is 5.75 Å². The molecule has 1 aliphatic rings. The van der Waals surface area contributed by atoms with Gasteiger partial charge in [-0.05, 0) is 48.9 Å². The second-order valence-corrected chi connectivity index (χ2v) is 5.49. The summed E-state index contributed by atoms with van der Waals surface area (Å²) in [4.78, 5) is 0. The van der Waals surface area contributed by atoms with Gasteiger partial charge < -0.3 is 21.0 Å². The van der Waals surface area contributed by atoms with E-state index >= 15 is 0 Å². The topological polar surface area (TPSA) is 79.9 Å². The highest BCUT2D eigenvalue weighted by atomic mass is 16.5. The van der Waals surface area contributed by atoms with Crippen molar-refractivity contribution in [3.63, 3.8) is 0 Å². The molecule has 1 aromatic rings. The Morgan fingerprint density at radius 3 is 2.65 bits per heavy atom. The summed E-state index contributed by atoms with van der Waals surface area (Å²) in [5, 5.41) is 15.1. The molecule has 0 heterocycles. The van der Waals surface area contributed by atoms with E-state index in [1.807, 2.05) is 24.3 Å². The maximum Gasteiger partial charge on any atom is 0.139 e. The second kappa shape index (κ2) is 6.50. The fourth-order valence-corrected chi connectivity index (χ4v) is 2.19. The van der Waals surface area contributed by atoms with Gasteiger partial charge in [-0.3, -0.25) is 0 Å². The largest absolute Gasteiger partial charge is 0.494 e. The molecule has 1 aliphatic carbocycles. The molecule has 0 radical (unpaired) electrons. The molecule has 1 fully saturated rings. The molecule has 0 spiro atoms. The Morgan fingerprint density at radius 1 is 1.40 bits per heavy atom. The average molecular weight is 277 g/mol. The number of benzene rings is 1.